The molecule has 1 aliphatic carbocycles. The van der Waals surface area contributed by atoms with Crippen LogP contribution in [-0.4, -0.2) is 18.8 Å². The van der Waals surface area contributed by atoms with Crippen LogP contribution in [0, 0.1) is 12.7 Å². The highest BCUT2D eigenvalue weighted by Gasteiger charge is 2.47. The van der Waals surface area contributed by atoms with Crippen molar-refractivity contribution in [3.63, 3.8) is 0 Å². The van der Waals surface area contributed by atoms with Gasteiger partial charge in [-0.15, -0.1) is 11.3 Å². The Balaban J connectivity index is 1.48. The number of hydrogen-bond donors (Lipinski definition) is 1. The molecule has 2 heterocycles. The third kappa shape index (κ3) is 4.28. The lowest BCUT2D eigenvalue weighted by Crippen LogP contribution is -2.47. The van der Waals surface area contributed by atoms with E-state index in [-0.39, 0.29) is 16.8 Å². The lowest BCUT2D eigenvalue weighted by molar-refractivity contribution is -0.103. The molecule has 1 aromatic heterocycles. The second-order valence-corrected chi connectivity index (χ2v) is 9.47. The first kappa shape index (κ1) is 19.1. The van der Waals surface area contributed by atoms with Gasteiger partial charge >= 0.3 is 0 Å². The minimum atomic E-state index is -0.150. The van der Waals surface area contributed by atoms with Crippen molar-refractivity contribution in [2.45, 2.75) is 69.4 Å². The van der Waals surface area contributed by atoms with Crippen LogP contribution >= 0.6 is 11.3 Å². The molecule has 1 N–H and O–H groups in total. The predicted molar refractivity (Wildman–Crippen MR) is 110 cm³/mol. The van der Waals surface area contributed by atoms with E-state index in [9.17, 15) is 4.39 Å². The molecule has 0 unspecified atom stereocenters. The lowest BCUT2D eigenvalue weighted by Gasteiger charge is -2.47. The SMILES string of the molecule is Cc1csc(CNCC[C@@]2(c3ccc(F)cc3)CCOC3(CCCC3)C2)c1. The average molecular weight is 388 g/mol. The van der Waals surface area contributed by atoms with Crippen LogP contribution in [0.1, 0.15) is 60.9 Å². The summed E-state index contributed by atoms with van der Waals surface area (Å²) >= 11 is 1.82. The Labute approximate surface area is 166 Å². The van der Waals surface area contributed by atoms with Gasteiger partial charge in [-0.25, -0.2) is 4.39 Å². The van der Waals surface area contributed by atoms with Crippen molar-refractivity contribution in [2.24, 2.45) is 0 Å². The van der Waals surface area contributed by atoms with Gasteiger partial charge in [-0.3, -0.25) is 0 Å². The first-order chi connectivity index (χ1) is 13.1. The van der Waals surface area contributed by atoms with Gasteiger partial charge in [-0.2, -0.15) is 0 Å². The van der Waals surface area contributed by atoms with E-state index in [4.69, 9.17) is 4.74 Å². The van der Waals surface area contributed by atoms with E-state index in [0.717, 1.165) is 39.0 Å². The molecule has 2 aliphatic rings. The molecular weight excluding hydrogens is 357 g/mol. The molecule has 1 aliphatic heterocycles. The third-order valence-electron chi connectivity index (χ3n) is 6.49. The van der Waals surface area contributed by atoms with Crippen LogP contribution in [0.2, 0.25) is 0 Å². The number of benzene rings is 1. The van der Waals surface area contributed by atoms with Crippen molar-refractivity contribution in [3.8, 4) is 0 Å². The maximum atomic E-state index is 13.5. The highest BCUT2D eigenvalue weighted by molar-refractivity contribution is 7.10. The minimum absolute atomic E-state index is 0.0531. The molecule has 1 saturated carbocycles. The second-order valence-electron chi connectivity index (χ2n) is 8.47. The molecule has 2 fully saturated rings. The molecular formula is C23H30FNOS. The maximum Gasteiger partial charge on any atom is 0.123 e. The van der Waals surface area contributed by atoms with Gasteiger partial charge in [-0.1, -0.05) is 25.0 Å². The van der Waals surface area contributed by atoms with Crippen molar-refractivity contribution >= 4 is 11.3 Å². The van der Waals surface area contributed by atoms with E-state index in [1.165, 1.54) is 41.7 Å². The summed E-state index contributed by atoms with van der Waals surface area (Å²) in [6.45, 7) is 4.87. The summed E-state index contributed by atoms with van der Waals surface area (Å²) in [5, 5.41) is 5.85. The van der Waals surface area contributed by atoms with Crippen molar-refractivity contribution in [1.29, 1.82) is 0 Å². The molecule has 1 aromatic carbocycles. The standard InChI is InChI=1S/C23H30FNOS/c1-18-14-21(27-16-18)15-25-12-10-22(19-4-6-20(24)7-5-19)11-13-26-23(17-22)8-2-3-9-23/h4-7,14,16,25H,2-3,8-13,15,17H2,1H3/t22-/m1/s1. The van der Waals surface area contributed by atoms with Gasteiger partial charge in [0.1, 0.15) is 5.82 Å². The molecule has 1 saturated heterocycles. The van der Waals surface area contributed by atoms with Gasteiger partial charge in [0, 0.05) is 23.4 Å². The fourth-order valence-corrected chi connectivity index (χ4v) is 5.93. The summed E-state index contributed by atoms with van der Waals surface area (Å²) in [7, 11) is 0. The van der Waals surface area contributed by atoms with E-state index in [2.05, 4.69) is 23.7 Å². The number of ether oxygens (including phenoxy) is 1. The van der Waals surface area contributed by atoms with Crippen LogP contribution in [0.4, 0.5) is 4.39 Å². The van der Waals surface area contributed by atoms with E-state index < -0.39 is 0 Å². The Morgan fingerprint density at radius 2 is 1.93 bits per heavy atom. The zero-order chi connectivity index (χ0) is 18.7. The molecule has 0 bridgehead atoms. The smallest absolute Gasteiger partial charge is 0.123 e. The highest BCUT2D eigenvalue weighted by Crippen LogP contribution is 2.50. The fraction of sp³-hybridized carbons (Fsp3) is 0.565. The van der Waals surface area contributed by atoms with E-state index in [1.807, 2.05) is 23.5 Å². The Morgan fingerprint density at radius 1 is 1.15 bits per heavy atom. The molecule has 146 valence electrons. The van der Waals surface area contributed by atoms with Gasteiger partial charge in [0.25, 0.3) is 0 Å². The minimum Gasteiger partial charge on any atom is -0.375 e. The largest absolute Gasteiger partial charge is 0.375 e. The molecule has 2 nitrogen and oxygen atoms in total. The molecule has 0 amide bonds. The quantitative estimate of drug-likeness (QED) is 0.639. The Morgan fingerprint density at radius 3 is 2.63 bits per heavy atom. The maximum absolute atomic E-state index is 13.5. The number of thiophene rings is 1. The molecule has 4 rings (SSSR count). The van der Waals surface area contributed by atoms with Crippen LogP contribution in [-0.2, 0) is 16.7 Å². The zero-order valence-electron chi connectivity index (χ0n) is 16.2. The van der Waals surface area contributed by atoms with Crippen molar-refractivity contribution in [1.82, 2.24) is 5.32 Å². The van der Waals surface area contributed by atoms with Crippen molar-refractivity contribution in [3.05, 3.63) is 57.5 Å². The number of rotatable bonds is 6. The van der Waals surface area contributed by atoms with Gasteiger partial charge in [0.2, 0.25) is 0 Å². The summed E-state index contributed by atoms with van der Waals surface area (Å²) in [4.78, 5) is 1.39. The molecule has 0 radical (unpaired) electrons. The van der Waals surface area contributed by atoms with Crippen LogP contribution in [0.15, 0.2) is 35.7 Å². The van der Waals surface area contributed by atoms with Gasteiger partial charge in [0.05, 0.1) is 5.60 Å². The second kappa shape index (κ2) is 8.02. The topological polar surface area (TPSA) is 21.3 Å². The van der Waals surface area contributed by atoms with Crippen molar-refractivity contribution < 1.29 is 9.13 Å². The van der Waals surface area contributed by atoms with Crippen molar-refractivity contribution in [2.75, 3.05) is 13.2 Å². The van der Waals surface area contributed by atoms with Crippen LogP contribution in [0.3, 0.4) is 0 Å². The number of aryl methyl sites for hydroxylation is 1. The molecule has 4 heteroatoms. The average Bonchev–Trinajstić information content (AvgIpc) is 3.28. The monoisotopic (exact) mass is 387 g/mol. The van der Waals surface area contributed by atoms with E-state index in [1.54, 1.807) is 12.1 Å². The zero-order valence-corrected chi connectivity index (χ0v) is 17.0. The molecule has 27 heavy (non-hydrogen) atoms. The summed E-state index contributed by atoms with van der Waals surface area (Å²) in [5.74, 6) is -0.150. The Bertz CT molecular complexity index is 750. The molecule has 1 spiro atoms. The van der Waals surface area contributed by atoms with Crippen LogP contribution < -0.4 is 5.32 Å². The first-order valence-electron chi connectivity index (χ1n) is 10.2. The van der Waals surface area contributed by atoms with E-state index >= 15 is 0 Å². The lowest BCUT2D eigenvalue weighted by atomic mass is 9.66. The Hall–Kier alpha value is -1.23. The van der Waals surface area contributed by atoms with Crippen LogP contribution in [0.5, 0.6) is 0 Å². The summed E-state index contributed by atoms with van der Waals surface area (Å²) in [6.07, 6.45) is 8.08. The fourth-order valence-electron chi connectivity index (χ4n) is 5.09. The van der Waals surface area contributed by atoms with E-state index in [0.29, 0.717) is 0 Å². The molecule has 1 atom stereocenters. The Kier molecular flexibility index (Phi) is 5.68. The normalized spacial score (nSPS) is 24.5. The number of hydrogen-bond acceptors (Lipinski definition) is 3. The number of nitrogens with one attached hydrogen (secondary N) is 1. The summed E-state index contributed by atoms with van der Waals surface area (Å²) < 4.78 is 19.8. The summed E-state index contributed by atoms with van der Waals surface area (Å²) in [6, 6.07) is 9.51. The molecule has 2 aromatic rings. The highest BCUT2D eigenvalue weighted by atomic mass is 32.1. The first-order valence-corrected chi connectivity index (χ1v) is 11.1. The van der Waals surface area contributed by atoms with Gasteiger partial charge < -0.3 is 10.1 Å². The summed E-state index contributed by atoms with van der Waals surface area (Å²) in [5.41, 5.74) is 2.77. The van der Waals surface area contributed by atoms with Crippen LogP contribution in [0.25, 0.3) is 0 Å². The van der Waals surface area contributed by atoms with Gasteiger partial charge in [-0.05, 0) is 80.3 Å². The number of halogens is 1. The third-order valence-corrected chi connectivity index (χ3v) is 7.54. The predicted octanol–water partition coefficient (Wildman–Crippen LogP) is 5.74. The van der Waals surface area contributed by atoms with Gasteiger partial charge in [0.15, 0.2) is 0 Å².